The quantitative estimate of drug-likeness (QED) is 0.776. The molecule has 1 unspecified atom stereocenters. The Morgan fingerprint density at radius 3 is 3.12 bits per heavy atom. The molecule has 1 saturated heterocycles. The first-order valence-electron chi connectivity index (χ1n) is 5.97. The molecule has 0 aromatic carbocycles. The van der Waals surface area contributed by atoms with Crippen LogP contribution >= 0.6 is 11.6 Å². The number of hydrogen-bond acceptors (Lipinski definition) is 3. The molecule has 1 fully saturated rings. The Labute approximate surface area is 108 Å². The van der Waals surface area contributed by atoms with Crippen LogP contribution in [0, 0.1) is 0 Å². The summed E-state index contributed by atoms with van der Waals surface area (Å²) in [5.74, 6) is 0.503. The lowest BCUT2D eigenvalue weighted by atomic mass is 9.94. The zero-order valence-corrected chi connectivity index (χ0v) is 11.2. The summed E-state index contributed by atoms with van der Waals surface area (Å²) in [4.78, 5) is 6.48. The van der Waals surface area contributed by atoms with E-state index in [4.69, 9.17) is 16.3 Å². The number of anilines is 1. The second-order valence-electron chi connectivity index (χ2n) is 4.82. The minimum Gasteiger partial charge on any atom is -0.377 e. The van der Waals surface area contributed by atoms with E-state index >= 15 is 0 Å². The van der Waals surface area contributed by atoms with Crippen LogP contribution in [-0.4, -0.2) is 30.8 Å². The number of ether oxygens (including phenoxy) is 1. The van der Waals surface area contributed by atoms with Crippen molar-refractivity contribution in [1.29, 1.82) is 0 Å². The minimum atomic E-state index is -0.0505. The molecule has 0 N–H and O–H groups in total. The van der Waals surface area contributed by atoms with Gasteiger partial charge in [0, 0.05) is 43.8 Å². The lowest BCUT2D eigenvalue weighted by molar-refractivity contribution is -0.00467. The van der Waals surface area contributed by atoms with Gasteiger partial charge in [-0.3, -0.25) is 4.98 Å². The molecule has 0 radical (unpaired) electrons. The van der Waals surface area contributed by atoms with Gasteiger partial charge in [0.15, 0.2) is 0 Å². The van der Waals surface area contributed by atoms with Gasteiger partial charge in [0.1, 0.15) is 0 Å². The van der Waals surface area contributed by atoms with E-state index < -0.39 is 0 Å². The summed E-state index contributed by atoms with van der Waals surface area (Å²) < 4.78 is 5.61. The Hall–Kier alpha value is -0.800. The first kappa shape index (κ1) is 12.7. The average molecular weight is 255 g/mol. The number of aromatic nitrogens is 1. The summed E-state index contributed by atoms with van der Waals surface area (Å²) in [6.45, 7) is 4.14. The fourth-order valence-corrected chi connectivity index (χ4v) is 2.62. The molecule has 0 saturated carbocycles. The van der Waals surface area contributed by atoms with Crippen LogP contribution in [0.5, 0.6) is 0 Å². The number of rotatable bonds is 3. The van der Waals surface area contributed by atoms with E-state index in [1.165, 1.54) is 5.69 Å². The zero-order chi connectivity index (χ0) is 12.3. The molecule has 3 nitrogen and oxygen atoms in total. The van der Waals surface area contributed by atoms with Gasteiger partial charge in [0.25, 0.3) is 0 Å². The third-order valence-corrected chi connectivity index (χ3v) is 3.80. The molecule has 4 heteroatoms. The highest BCUT2D eigenvalue weighted by Crippen LogP contribution is 2.30. The molecule has 1 aromatic rings. The highest BCUT2D eigenvalue weighted by atomic mass is 35.5. The number of nitrogens with zero attached hydrogens (tertiary/aromatic N) is 2. The van der Waals surface area contributed by atoms with Crippen molar-refractivity contribution < 1.29 is 4.74 Å². The van der Waals surface area contributed by atoms with Gasteiger partial charge in [-0.1, -0.05) is 0 Å². The van der Waals surface area contributed by atoms with Gasteiger partial charge in [-0.15, -0.1) is 11.6 Å². The van der Waals surface area contributed by atoms with E-state index in [0.29, 0.717) is 5.88 Å². The van der Waals surface area contributed by atoms with Crippen molar-refractivity contribution in [1.82, 2.24) is 4.98 Å². The predicted octanol–water partition coefficient (Wildman–Crippen LogP) is 2.83. The van der Waals surface area contributed by atoms with E-state index in [0.717, 1.165) is 31.5 Å². The Kier molecular flexibility index (Phi) is 3.89. The zero-order valence-electron chi connectivity index (χ0n) is 10.4. The normalized spacial score (nSPS) is 25.0. The summed E-state index contributed by atoms with van der Waals surface area (Å²) in [6.07, 6.45) is 5.93. The lowest BCUT2D eigenvalue weighted by Crippen LogP contribution is -2.47. The van der Waals surface area contributed by atoms with Crippen LogP contribution in [0.4, 0.5) is 5.69 Å². The van der Waals surface area contributed by atoms with E-state index in [-0.39, 0.29) is 5.60 Å². The molecule has 0 aliphatic carbocycles. The number of halogens is 1. The van der Waals surface area contributed by atoms with Crippen LogP contribution < -0.4 is 4.90 Å². The van der Waals surface area contributed by atoms with Crippen molar-refractivity contribution in [3.05, 3.63) is 24.0 Å². The predicted molar refractivity (Wildman–Crippen MR) is 70.7 cm³/mol. The molecule has 1 aliphatic heterocycles. The van der Waals surface area contributed by atoms with Crippen molar-refractivity contribution >= 4 is 17.3 Å². The third-order valence-electron chi connectivity index (χ3n) is 3.51. The van der Waals surface area contributed by atoms with Gasteiger partial charge < -0.3 is 9.64 Å². The third kappa shape index (κ3) is 2.72. The second-order valence-corrected chi connectivity index (χ2v) is 5.08. The van der Waals surface area contributed by atoms with Crippen molar-refractivity contribution in [2.45, 2.75) is 31.2 Å². The number of alkyl halides is 1. The van der Waals surface area contributed by atoms with Crippen molar-refractivity contribution in [2.75, 3.05) is 25.1 Å². The largest absolute Gasteiger partial charge is 0.377 e. The highest BCUT2D eigenvalue weighted by Gasteiger charge is 2.31. The van der Waals surface area contributed by atoms with Gasteiger partial charge in [0.2, 0.25) is 0 Å². The van der Waals surface area contributed by atoms with E-state index in [1.54, 1.807) is 7.11 Å². The summed E-state index contributed by atoms with van der Waals surface area (Å²) in [5.41, 5.74) is 2.23. The summed E-state index contributed by atoms with van der Waals surface area (Å²) in [5, 5.41) is 0. The number of methoxy groups -OCH3 is 1. The molecule has 17 heavy (non-hydrogen) atoms. The molecular formula is C13H19ClN2O. The molecule has 0 amide bonds. The summed E-state index contributed by atoms with van der Waals surface area (Å²) >= 11 is 5.96. The maximum Gasteiger partial charge on any atom is 0.0825 e. The first-order valence-corrected chi connectivity index (χ1v) is 6.51. The molecule has 2 heterocycles. The van der Waals surface area contributed by atoms with Gasteiger partial charge in [0.05, 0.1) is 11.5 Å². The SMILES string of the molecule is COC1(C)CCCN(c2ccncc2CCl)C1. The van der Waals surface area contributed by atoms with E-state index in [9.17, 15) is 0 Å². The van der Waals surface area contributed by atoms with Crippen molar-refractivity contribution in [3.8, 4) is 0 Å². The van der Waals surface area contributed by atoms with Gasteiger partial charge in [-0.05, 0) is 25.8 Å². The Bertz CT molecular complexity index is 385. The van der Waals surface area contributed by atoms with Crippen LogP contribution in [0.25, 0.3) is 0 Å². The van der Waals surface area contributed by atoms with Crippen LogP contribution in [0.15, 0.2) is 18.5 Å². The van der Waals surface area contributed by atoms with E-state index in [2.05, 4.69) is 16.8 Å². The van der Waals surface area contributed by atoms with Crippen molar-refractivity contribution in [3.63, 3.8) is 0 Å². The number of pyridine rings is 1. The smallest absolute Gasteiger partial charge is 0.0825 e. The fraction of sp³-hybridized carbons (Fsp3) is 0.615. The number of piperidine rings is 1. The standard InChI is InChI=1S/C13H19ClN2O/c1-13(17-2)5-3-7-16(10-13)12-4-6-15-9-11(12)8-14/h4,6,9H,3,5,7-8,10H2,1-2H3. The van der Waals surface area contributed by atoms with Crippen LogP contribution in [0.1, 0.15) is 25.3 Å². The molecule has 94 valence electrons. The summed E-state index contributed by atoms with van der Waals surface area (Å²) in [7, 11) is 1.79. The molecule has 0 bridgehead atoms. The molecule has 2 rings (SSSR count). The van der Waals surface area contributed by atoms with E-state index in [1.807, 2.05) is 18.5 Å². The molecule has 1 aliphatic rings. The molecule has 1 aromatic heterocycles. The van der Waals surface area contributed by atoms with Crippen molar-refractivity contribution in [2.24, 2.45) is 0 Å². The fourth-order valence-electron chi connectivity index (χ4n) is 2.41. The van der Waals surface area contributed by atoms with Crippen LogP contribution in [-0.2, 0) is 10.6 Å². The Morgan fingerprint density at radius 2 is 2.41 bits per heavy atom. The Balaban J connectivity index is 2.22. The van der Waals surface area contributed by atoms with Gasteiger partial charge in [-0.25, -0.2) is 0 Å². The average Bonchev–Trinajstić information content (AvgIpc) is 2.39. The van der Waals surface area contributed by atoms with Gasteiger partial charge >= 0.3 is 0 Å². The monoisotopic (exact) mass is 254 g/mol. The first-order chi connectivity index (χ1) is 8.18. The second kappa shape index (κ2) is 5.23. The molecule has 1 atom stereocenters. The van der Waals surface area contributed by atoms with Crippen LogP contribution in [0.3, 0.4) is 0 Å². The highest BCUT2D eigenvalue weighted by molar-refractivity contribution is 6.17. The molecular weight excluding hydrogens is 236 g/mol. The number of hydrogen-bond donors (Lipinski definition) is 0. The maximum absolute atomic E-state index is 5.96. The van der Waals surface area contributed by atoms with Gasteiger partial charge in [-0.2, -0.15) is 0 Å². The van der Waals surface area contributed by atoms with Crippen LogP contribution in [0.2, 0.25) is 0 Å². The minimum absolute atomic E-state index is 0.0505. The summed E-state index contributed by atoms with van der Waals surface area (Å²) in [6, 6.07) is 2.04. The molecule has 0 spiro atoms. The lowest BCUT2D eigenvalue weighted by Gasteiger charge is -2.41. The Morgan fingerprint density at radius 1 is 1.59 bits per heavy atom. The topological polar surface area (TPSA) is 25.4 Å². The maximum atomic E-state index is 5.96.